The van der Waals surface area contributed by atoms with Crippen LogP contribution < -0.4 is 5.32 Å². The third-order valence-corrected chi connectivity index (χ3v) is 6.46. The summed E-state index contributed by atoms with van der Waals surface area (Å²) in [6, 6.07) is 0. The molecular weight excluding hydrogens is 380 g/mol. The van der Waals surface area contributed by atoms with Crippen LogP contribution in [-0.2, 0) is 31.8 Å². The Morgan fingerprint density at radius 2 is 2.04 bits per heavy atom. The summed E-state index contributed by atoms with van der Waals surface area (Å²) in [6.45, 7) is 5.41. The molecule has 1 aromatic rings. The smallest absolute Gasteiger partial charge is 0.341 e. The third-order valence-electron chi connectivity index (χ3n) is 5.29. The predicted octanol–water partition coefficient (Wildman–Crippen LogP) is 2.34. The summed E-state index contributed by atoms with van der Waals surface area (Å²) in [6.07, 6.45) is 3.94. The zero-order chi connectivity index (χ0) is 20.1. The molecule has 1 aliphatic heterocycles. The molecule has 8 heteroatoms. The van der Waals surface area contributed by atoms with Crippen molar-refractivity contribution in [2.45, 2.75) is 38.7 Å². The van der Waals surface area contributed by atoms with Gasteiger partial charge in [0.2, 0.25) is 5.91 Å². The zero-order valence-electron chi connectivity index (χ0n) is 16.9. The van der Waals surface area contributed by atoms with E-state index in [0.29, 0.717) is 36.2 Å². The molecule has 0 unspecified atom stereocenters. The Bertz CT molecular complexity index is 699. The summed E-state index contributed by atoms with van der Waals surface area (Å²) in [7, 11) is 3.07. The van der Waals surface area contributed by atoms with E-state index in [1.54, 1.807) is 7.11 Å². The van der Waals surface area contributed by atoms with E-state index < -0.39 is 0 Å². The van der Waals surface area contributed by atoms with Gasteiger partial charge in [-0.2, -0.15) is 0 Å². The first-order valence-electron chi connectivity index (χ1n) is 9.87. The van der Waals surface area contributed by atoms with Gasteiger partial charge in [0.15, 0.2) is 0 Å². The van der Waals surface area contributed by atoms with Gasteiger partial charge in [0.05, 0.1) is 25.3 Å². The van der Waals surface area contributed by atoms with Gasteiger partial charge in [0.1, 0.15) is 5.00 Å². The second-order valence-electron chi connectivity index (χ2n) is 7.63. The van der Waals surface area contributed by atoms with Gasteiger partial charge in [-0.3, -0.25) is 9.69 Å². The van der Waals surface area contributed by atoms with Crippen molar-refractivity contribution in [2.75, 3.05) is 52.4 Å². The average molecular weight is 411 g/mol. The molecule has 156 valence electrons. The van der Waals surface area contributed by atoms with Gasteiger partial charge in [-0.1, -0.05) is 6.92 Å². The number of likely N-dealkylation sites (tertiary alicyclic amines) is 1. The summed E-state index contributed by atoms with van der Waals surface area (Å²) < 4.78 is 15.7. The molecular formula is C20H30N2O5S. The largest absolute Gasteiger partial charge is 0.465 e. The molecule has 1 saturated heterocycles. The van der Waals surface area contributed by atoms with Crippen LogP contribution in [-0.4, -0.2) is 69.9 Å². The second kappa shape index (κ2) is 9.82. The van der Waals surface area contributed by atoms with Gasteiger partial charge in [-0.05, 0) is 37.2 Å². The van der Waals surface area contributed by atoms with Crippen molar-refractivity contribution in [3.63, 3.8) is 0 Å². The fraction of sp³-hybridized carbons (Fsp3) is 0.700. The average Bonchev–Trinajstić information content (AvgIpc) is 2.98. The molecule has 1 amide bonds. The molecule has 3 rings (SSSR count). The molecule has 0 spiro atoms. The molecule has 0 radical (unpaired) electrons. The van der Waals surface area contributed by atoms with Crippen LogP contribution in [0.2, 0.25) is 0 Å². The number of carbonyl (C=O) groups excluding carboxylic acids is 2. The molecule has 2 aliphatic rings. The normalized spacial score (nSPS) is 19.8. The fourth-order valence-electron chi connectivity index (χ4n) is 3.74. The maximum absolute atomic E-state index is 12.5. The Morgan fingerprint density at radius 3 is 2.75 bits per heavy atom. The van der Waals surface area contributed by atoms with Crippen LogP contribution in [0.3, 0.4) is 0 Å². The first-order valence-corrected chi connectivity index (χ1v) is 10.7. The quantitative estimate of drug-likeness (QED) is 0.497. The highest BCUT2D eigenvalue weighted by atomic mass is 32.1. The third kappa shape index (κ3) is 5.11. The Hall–Kier alpha value is -1.48. The minimum Gasteiger partial charge on any atom is -0.465 e. The monoisotopic (exact) mass is 410 g/mol. The number of hydrogen-bond acceptors (Lipinski definition) is 7. The number of ether oxygens (including phenoxy) is 3. The number of thiophene rings is 1. The van der Waals surface area contributed by atoms with E-state index in [4.69, 9.17) is 14.2 Å². The highest BCUT2D eigenvalue weighted by molar-refractivity contribution is 7.17. The number of esters is 1. The van der Waals surface area contributed by atoms with Crippen molar-refractivity contribution in [3.05, 3.63) is 16.0 Å². The van der Waals surface area contributed by atoms with Gasteiger partial charge >= 0.3 is 5.97 Å². The minimum atomic E-state index is -0.365. The number of hydrogen-bond donors (Lipinski definition) is 1. The highest BCUT2D eigenvalue weighted by Crippen LogP contribution is 2.40. The zero-order valence-corrected chi connectivity index (χ0v) is 17.7. The van der Waals surface area contributed by atoms with Crippen molar-refractivity contribution in [1.82, 2.24) is 4.90 Å². The molecule has 28 heavy (non-hydrogen) atoms. The van der Waals surface area contributed by atoms with Gasteiger partial charge in [0.25, 0.3) is 0 Å². The fourth-order valence-corrected chi connectivity index (χ4v) is 5.15. The van der Waals surface area contributed by atoms with Gasteiger partial charge in [0, 0.05) is 38.3 Å². The summed E-state index contributed by atoms with van der Waals surface area (Å²) in [5, 5.41) is 3.58. The number of nitrogens with zero attached hydrogens (tertiary/aromatic N) is 1. The predicted molar refractivity (Wildman–Crippen MR) is 108 cm³/mol. The lowest BCUT2D eigenvalue weighted by atomic mass is 9.88. The maximum atomic E-state index is 12.5. The number of amides is 1. The number of rotatable bonds is 9. The van der Waals surface area contributed by atoms with E-state index in [-0.39, 0.29) is 18.0 Å². The Morgan fingerprint density at radius 1 is 1.25 bits per heavy atom. The standard InChI is InChI=1S/C20H30N2O5S/c1-13-5-6-15-16(9-13)28-19(18(15)20(24)26-3)21-17(23)12-22-10-14(11-22)27-8-4-7-25-2/h13-14H,4-12H2,1-3H3,(H,21,23)/t13-/m1/s1. The number of carbonyl (C=O) groups is 2. The van der Waals surface area contributed by atoms with Crippen LogP contribution in [0, 0.1) is 5.92 Å². The molecule has 2 heterocycles. The Kier molecular flexibility index (Phi) is 7.45. The van der Waals surface area contributed by atoms with Crippen LogP contribution >= 0.6 is 11.3 Å². The van der Waals surface area contributed by atoms with Crippen molar-refractivity contribution in [1.29, 1.82) is 0 Å². The van der Waals surface area contributed by atoms with E-state index >= 15 is 0 Å². The highest BCUT2D eigenvalue weighted by Gasteiger charge is 2.31. The SMILES string of the molecule is COCCCOC1CN(CC(=O)Nc2sc3c(c2C(=O)OC)CC[C@@H](C)C3)C1. The number of nitrogens with one attached hydrogen (secondary N) is 1. The van der Waals surface area contributed by atoms with Gasteiger partial charge in [-0.15, -0.1) is 11.3 Å². The van der Waals surface area contributed by atoms with Crippen LogP contribution in [0.5, 0.6) is 0 Å². The van der Waals surface area contributed by atoms with Gasteiger partial charge < -0.3 is 19.5 Å². The first kappa shape index (κ1) is 21.2. The molecule has 1 N–H and O–H groups in total. The summed E-state index contributed by atoms with van der Waals surface area (Å²) in [4.78, 5) is 28.1. The molecule has 0 saturated carbocycles. The lowest BCUT2D eigenvalue weighted by Crippen LogP contribution is -2.54. The summed E-state index contributed by atoms with van der Waals surface area (Å²) >= 11 is 1.52. The summed E-state index contributed by atoms with van der Waals surface area (Å²) in [5.74, 6) is 0.132. The first-order chi connectivity index (χ1) is 13.5. The van der Waals surface area contributed by atoms with Crippen molar-refractivity contribution >= 4 is 28.2 Å². The Balaban J connectivity index is 1.53. The molecule has 1 aliphatic carbocycles. The van der Waals surface area contributed by atoms with E-state index in [1.807, 2.05) is 4.90 Å². The molecule has 0 aromatic carbocycles. The maximum Gasteiger partial charge on any atom is 0.341 e. The lowest BCUT2D eigenvalue weighted by Gasteiger charge is -2.38. The molecule has 1 aromatic heterocycles. The van der Waals surface area contributed by atoms with E-state index in [0.717, 1.165) is 44.3 Å². The van der Waals surface area contributed by atoms with E-state index in [2.05, 4.69) is 12.2 Å². The van der Waals surface area contributed by atoms with Crippen molar-refractivity contribution < 1.29 is 23.8 Å². The summed E-state index contributed by atoms with van der Waals surface area (Å²) in [5.41, 5.74) is 1.60. The van der Waals surface area contributed by atoms with Crippen LogP contribution in [0.25, 0.3) is 0 Å². The molecule has 0 bridgehead atoms. The molecule has 7 nitrogen and oxygen atoms in total. The van der Waals surface area contributed by atoms with Crippen molar-refractivity contribution in [3.8, 4) is 0 Å². The number of anilines is 1. The van der Waals surface area contributed by atoms with Crippen LogP contribution in [0.15, 0.2) is 0 Å². The second-order valence-corrected chi connectivity index (χ2v) is 8.73. The van der Waals surface area contributed by atoms with Crippen LogP contribution in [0.1, 0.15) is 40.6 Å². The van der Waals surface area contributed by atoms with E-state index in [9.17, 15) is 9.59 Å². The topological polar surface area (TPSA) is 77.1 Å². The van der Waals surface area contributed by atoms with E-state index in [1.165, 1.54) is 23.3 Å². The minimum absolute atomic E-state index is 0.102. The van der Waals surface area contributed by atoms with Gasteiger partial charge in [-0.25, -0.2) is 4.79 Å². The lowest BCUT2D eigenvalue weighted by molar-refractivity contribution is -0.121. The Labute approximate surface area is 170 Å². The molecule has 1 atom stereocenters. The number of methoxy groups -OCH3 is 2. The molecule has 1 fully saturated rings. The van der Waals surface area contributed by atoms with Crippen LogP contribution in [0.4, 0.5) is 5.00 Å². The number of fused-ring (bicyclic) bond motifs is 1. The van der Waals surface area contributed by atoms with Crippen molar-refractivity contribution in [2.24, 2.45) is 5.92 Å².